The highest BCUT2D eigenvalue weighted by atomic mass is 16.5. The number of likely N-dealkylation sites (tertiary alicyclic amines) is 1. The van der Waals surface area contributed by atoms with Crippen molar-refractivity contribution in [1.29, 1.82) is 0 Å². The number of rotatable bonds is 6. The minimum atomic E-state index is -0.0826. The van der Waals surface area contributed by atoms with Gasteiger partial charge in [-0.2, -0.15) is 0 Å². The van der Waals surface area contributed by atoms with Crippen molar-refractivity contribution in [2.45, 2.75) is 38.9 Å². The Morgan fingerprint density at radius 2 is 1.89 bits per heavy atom. The Bertz CT molecular complexity index is 775. The fourth-order valence-corrected chi connectivity index (χ4v) is 3.13. The van der Waals surface area contributed by atoms with E-state index < -0.39 is 0 Å². The highest BCUT2D eigenvalue weighted by Crippen LogP contribution is 2.20. The number of hydrogen-bond acceptors (Lipinski definition) is 6. The third-order valence-corrected chi connectivity index (χ3v) is 4.51. The smallest absolute Gasteiger partial charge is 0.253 e. The zero-order valence-electron chi connectivity index (χ0n) is 17.0. The fraction of sp³-hybridized carbons (Fsp3) is 0.476. The van der Waals surface area contributed by atoms with E-state index in [4.69, 9.17) is 9.47 Å². The molecule has 0 radical (unpaired) electrons. The Labute approximate surface area is 166 Å². The third-order valence-electron chi connectivity index (χ3n) is 4.51. The molecule has 1 aliphatic rings. The summed E-state index contributed by atoms with van der Waals surface area (Å²) in [4.78, 5) is 16.6. The molecule has 7 nitrogen and oxygen atoms in total. The summed E-state index contributed by atoms with van der Waals surface area (Å²) in [6.07, 6.45) is 1.81. The summed E-state index contributed by atoms with van der Waals surface area (Å²) in [6, 6.07) is 11.0. The monoisotopic (exact) mass is 384 g/mol. The number of hydrogen-bond donors (Lipinski definition) is 0. The number of ether oxygens (including phenoxy) is 2. The van der Waals surface area contributed by atoms with E-state index in [9.17, 15) is 4.79 Å². The average Bonchev–Trinajstić information content (AvgIpc) is 2.68. The van der Waals surface area contributed by atoms with Crippen LogP contribution < -0.4 is 14.4 Å². The molecule has 7 heteroatoms. The quantitative estimate of drug-likeness (QED) is 0.763. The van der Waals surface area contributed by atoms with Crippen LogP contribution in [0.4, 0.5) is 5.82 Å². The van der Waals surface area contributed by atoms with E-state index in [-0.39, 0.29) is 18.1 Å². The lowest BCUT2D eigenvalue weighted by Gasteiger charge is -2.32. The van der Waals surface area contributed by atoms with E-state index in [0.29, 0.717) is 18.0 Å². The molecule has 0 saturated carbocycles. The van der Waals surface area contributed by atoms with Crippen LogP contribution in [0.25, 0.3) is 0 Å². The highest BCUT2D eigenvalue weighted by Gasteiger charge is 2.26. The lowest BCUT2D eigenvalue weighted by atomic mass is 10.1. The van der Waals surface area contributed by atoms with Crippen LogP contribution in [-0.2, 0) is 0 Å². The largest absolute Gasteiger partial charge is 0.491 e. The molecule has 1 fully saturated rings. The molecule has 0 aliphatic carbocycles. The summed E-state index contributed by atoms with van der Waals surface area (Å²) < 4.78 is 11.6. The molecule has 1 saturated heterocycles. The van der Waals surface area contributed by atoms with Crippen LogP contribution in [0, 0.1) is 0 Å². The minimum Gasteiger partial charge on any atom is -0.491 e. The molecule has 150 valence electrons. The van der Waals surface area contributed by atoms with Crippen LogP contribution in [0.5, 0.6) is 11.6 Å². The van der Waals surface area contributed by atoms with E-state index in [1.807, 2.05) is 74.1 Å². The van der Waals surface area contributed by atoms with Crippen LogP contribution in [0.3, 0.4) is 0 Å². The van der Waals surface area contributed by atoms with Crippen molar-refractivity contribution in [1.82, 2.24) is 15.1 Å². The average molecular weight is 384 g/mol. The second-order valence-corrected chi connectivity index (χ2v) is 7.45. The van der Waals surface area contributed by atoms with Gasteiger partial charge in [0.1, 0.15) is 11.9 Å². The molecule has 0 spiro atoms. The Balaban J connectivity index is 1.60. The first-order chi connectivity index (χ1) is 13.4. The van der Waals surface area contributed by atoms with Gasteiger partial charge in [0.2, 0.25) is 5.88 Å². The summed E-state index contributed by atoms with van der Waals surface area (Å²) in [5.74, 6) is 2.04. The fourth-order valence-electron chi connectivity index (χ4n) is 3.13. The van der Waals surface area contributed by atoms with Gasteiger partial charge in [0, 0.05) is 32.3 Å². The summed E-state index contributed by atoms with van der Waals surface area (Å²) in [5, 5.41) is 8.26. The van der Waals surface area contributed by atoms with Crippen molar-refractivity contribution in [2.24, 2.45) is 0 Å². The summed E-state index contributed by atoms with van der Waals surface area (Å²) >= 11 is 0. The molecule has 3 rings (SSSR count). The maximum atomic E-state index is 12.8. The lowest BCUT2D eigenvalue weighted by Crippen LogP contribution is -2.44. The number of carbonyl (C=O) groups is 1. The van der Waals surface area contributed by atoms with Crippen molar-refractivity contribution < 1.29 is 14.3 Å². The molecule has 0 bridgehead atoms. The molecule has 28 heavy (non-hydrogen) atoms. The Hall–Kier alpha value is -2.83. The first-order valence-electron chi connectivity index (χ1n) is 9.66. The topological polar surface area (TPSA) is 67.8 Å². The van der Waals surface area contributed by atoms with Gasteiger partial charge in [-0.15, -0.1) is 10.2 Å². The maximum Gasteiger partial charge on any atom is 0.253 e. The van der Waals surface area contributed by atoms with Crippen LogP contribution in [0.1, 0.15) is 37.0 Å². The lowest BCUT2D eigenvalue weighted by molar-refractivity contribution is 0.0525. The molecule has 1 aromatic heterocycles. The van der Waals surface area contributed by atoms with E-state index in [0.717, 1.165) is 31.0 Å². The second kappa shape index (κ2) is 8.91. The number of piperidine rings is 1. The van der Waals surface area contributed by atoms with Gasteiger partial charge >= 0.3 is 0 Å². The van der Waals surface area contributed by atoms with Crippen molar-refractivity contribution >= 4 is 11.7 Å². The second-order valence-electron chi connectivity index (χ2n) is 7.45. The van der Waals surface area contributed by atoms with Crippen LogP contribution >= 0.6 is 0 Å². The van der Waals surface area contributed by atoms with Gasteiger partial charge in [0.25, 0.3) is 5.91 Å². The van der Waals surface area contributed by atoms with Gasteiger partial charge in [-0.05, 0) is 57.0 Å². The predicted molar refractivity (Wildman–Crippen MR) is 108 cm³/mol. The van der Waals surface area contributed by atoms with Gasteiger partial charge < -0.3 is 19.3 Å². The standard InChI is InChI=1S/C21H28N4O3/c1-15(2)27-17-9-7-16(8-10-17)21(26)25-13-5-6-18(14-25)28-20-12-11-19(22-23-20)24(3)4/h7-12,15,18H,5-6,13-14H2,1-4H3. The molecular weight excluding hydrogens is 356 g/mol. The van der Waals surface area contributed by atoms with Gasteiger partial charge in [-0.1, -0.05) is 0 Å². The third kappa shape index (κ3) is 5.12. The van der Waals surface area contributed by atoms with Crippen LogP contribution in [0.2, 0.25) is 0 Å². The SMILES string of the molecule is CC(C)Oc1ccc(C(=O)N2CCCC(Oc3ccc(N(C)C)nn3)C2)cc1. The molecule has 0 N–H and O–H groups in total. The number of benzene rings is 1. The number of aromatic nitrogens is 2. The first kappa shape index (κ1) is 19.9. The van der Waals surface area contributed by atoms with Crippen molar-refractivity contribution in [3.8, 4) is 11.6 Å². The minimum absolute atomic E-state index is 0.0124. The predicted octanol–water partition coefficient (Wildman–Crippen LogP) is 3.01. The van der Waals surface area contributed by atoms with E-state index >= 15 is 0 Å². The molecule has 2 heterocycles. The van der Waals surface area contributed by atoms with Gasteiger partial charge in [-0.25, -0.2) is 0 Å². The maximum absolute atomic E-state index is 12.8. The molecule has 1 amide bonds. The molecule has 1 atom stereocenters. The molecular formula is C21H28N4O3. The number of amides is 1. The van der Waals surface area contributed by atoms with Crippen molar-refractivity contribution in [3.63, 3.8) is 0 Å². The van der Waals surface area contributed by atoms with E-state index in [2.05, 4.69) is 10.2 Å². The van der Waals surface area contributed by atoms with Gasteiger partial charge in [0.05, 0.1) is 12.6 Å². The van der Waals surface area contributed by atoms with Gasteiger partial charge in [-0.3, -0.25) is 4.79 Å². The van der Waals surface area contributed by atoms with Crippen molar-refractivity contribution in [3.05, 3.63) is 42.0 Å². The zero-order chi connectivity index (χ0) is 20.1. The molecule has 1 unspecified atom stereocenters. The van der Waals surface area contributed by atoms with Crippen LogP contribution in [0.15, 0.2) is 36.4 Å². The van der Waals surface area contributed by atoms with E-state index in [1.54, 1.807) is 0 Å². The van der Waals surface area contributed by atoms with Crippen molar-refractivity contribution in [2.75, 3.05) is 32.1 Å². The number of nitrogens with zero attached hydrogens (tertiary/aromatic N) is 4. The Morgan fingerprint density at radius 1 is 1.14 bits per heavy atom. The highest BCUT2D eigenvalue weighted by molar-refractivity contribution is 5.94. The molecule has 1 aliphatic heterocycles. The van der Waals surface area contributed by atoms with E-state index in [1.165, 1.54) is 0 Å². The zero-order valence-corrected chi connectivity index (χ0v) is 17.0. The number of carbonyl (C=O) groups excluding carboxylic acids is 1. The van der Waals surface area contributed by atoms with Crippen LogP contribution in [-0.4, -0.2) is 60.4 Å². The van der Waals surface area contributed by atoms with Gasteiger partial charge in [0.15, 0.2) is 5.82 Å². The summed E-state index contributed by atoms with van der Waals surface area (Å²) in [6.45, 7) is 5.23. The summed E-state index contributed by atoms with van der Waals surface area (Å²) in [5.41, 5.74) is 0.659. The number of anilines is 1. The molecule has 1 aromatic carbocycles. The first-order valence-corrected chi connectivity index (χ1v) is 9.66. The Morgan fingerprint density at radius 3 is 2.50 bits per heavy atom. The Kier molecular flexibility index (Phi) is 6.34. The summed E-state index contributed by atoms with van der Waals surface area (Å²) in [7, 11) is 3.83. The molecule has 2 aromatic rings. The normalized spacial score (nSPS) is 16.8.